The number of nitrogens with zero attached hydrogens (tertiary/aromatic N) is 4. The Bertz CT molecular complexity index is 682. The van der Waals surface area contributed by atoms with Gasteiger partial charge in [-0.2, -0.15) is 5.10 Å². The lowest BCUT2D eigenvalue weighted by Gasteiger charge is -2.29. The molecule has 1 N–H and O–H groups in total. The fourth-order valence-electron chi connectivity index (χ4n) is 2.69. The molecule has 7 nitrogen and oxygen atoms in total. The number of rotatable bonds is 3. The van der Waals surface area contributed by atoms with Gasteiger partial charge in [0.1, 0.15) is 17.9 Å². The molecule has 0 spiro atoms. The summed E-state index contributed by atoms with van der Waals surface area (Å²) in [6, 6.07) is 5.87. The zero-order chi connectivity index (χ0) is 15.5. The molecule has 0 fully saturated rings. The van der Waals surface area contributed by atoms with E-state index in [1.165, 1.54) is 11.9 Å². The predicted molar refractivity (Wildman–Crippen MR) is 80.3 cm³/mol. The second kappa shape index (κ2) is 6.05. The summed E-state index contributed by atoms with van der Waals surface area (Å²) in [4.78, 5) is 18.2. The van der Waals surface area contributed by atoms with Gasteiger partial charge in [0, 0.05) is 25.7 Å². The van der Waals surface area contributed by atoms with Gasteiger partial charge in [-0.15, -0.1) is 0 Å². The van der Waals surface area contributed by atoms with Crippen molar-refractivity contribution in [2.45, 2.75) is 19.5 Å². The van der Waals surface area contributed by atoms with Gasteiger partial charge in [0.25, 0.3) is 0 Å². The molecule has 1 aliphatic rings. The summed E-state index contributed by atoms with van der Waals surface area (Å²) in [6.07, 6.45) is 2.28. The molecular formula is C15H19N5O2. The number of urea groups is 1. The molecule has 7 heteroatoms. The van der Waals surface area contributed by atoms with Gasteiger partial charge in [0.2, 0.25) is 0 Å². The van der Waals surface area contributed by atoms with Gasteiger partial charge in [-0.05, 0) is 18.1 Å². The van der Waals surface area contributed by atoms with Crippen LogP contribution in [0.25, 0.3) is 0 Å². The first-order chi connectivity index (χ1) is 10.7. The molecule has 22 heavy (non-hydrogen) atoms. The van der Waals surface area contributed by atoms with Gasteiger partial charge < -0.3 is 15.0 Å². The Hall–Kier alpha value is -2.57. The van der Waals surface area contributed by atoms with Crippen LogP contribution in [0.2, 0.25) is 0 Å². The fourth-order valence-corrected chi connectivity index (χ4v) is 2.69. The third-order valence-corrected chi connectivity index (χ3v) is 3.93. The summed E-state index contributed by atoms with van der Waals surface area (Å²) in [5, 5.41) is 6.87. The van der Waals surface area contributed by atoms with Crippen LogP contribution < -0.4 is 10.1 Å². The number of methoxy groups -OCH3 is 1. The van der Waals surface area contributed by atoms with Gasteiger partial charge in [-0.1, -0.05) is 12.1 Å². The minimum atomic E-state index is -0.0866. The predicted octanol–water partition coefficient (Wildman–Crippen LogP) is 1.09. The smallest absolute Gasteiger partial charge is 0.318 e. The Kier molecular flexibility index (Phi) is 3.95. The maximum absolute atomic E-state index is 12.3. The highest BCUT2D eigenvalue weighted by Crippen LogP contribution is 2.27. The van der Waals surface area contributed by atoms with Crippen LogP contribution in [0.15, 0.2) is 24.5 Å². The number of aryl methyl sites for hydroxylation is 1. The van der Waals surface area contributed by atoms with E-state index in [4.69, 9.17) is 4.74 Å². The van der Waals surface area contributed by atoms with Crippen molar-refractivity contribution in [3.63, 3.8) is 0 Å². The maximum atomic E-state index is 12.3. The summed E-state index contributed by atoms with van der Waals surface area (Å²) < 4.78 is 7.03. The van der Waals surface area contributed by atoms with Crippen molar-refractivity contribution in [3.05, 3.63) is 41.5 Å². The number of ether oxygens (including phenoxy) is 1. The Labute approximate surface area is 128 Å². The molecular weight excluding hydrogens is 282 g/mol. The van der Waals surface area contributed by atoms with Crippen molar-refractivity contribution >= 4 is 6.03 Å². The lowest BCUT2D eigenvalue weighted by molar-refractivity contribution is 0.191. The van der Waals surface area contributed by atoms with E-state index >= 15 is 0 Å². The molecule has 0 bridgehead atoms. The largest absolute Gasteiger partial charge is 0.496 e. The quantitative estimate of drug-likeness (QED) is 0.921. The first kappa shape index (κ1) is 14.4. The van der Waals surface area contributed by atoms with Crippen LogP contribution >= 0.6 is 0 Å². The van der Waals surface area contributed by atoms with Crippen LogP contribution in [0, 0.1) is 0 Å². The number of fused-ring (bicyclic) bond motifs is 1. The lowest BCUT2D eigenvalue weighted by Crippen LogP contribution is -2.42. The molecule has 0 aliphatic carbocycles. The van der Waals surface area contributed by atoms with Gasteiger partial charge in [-0.25, -0.2) is 9.78 Å². The van der Waals surface area contributed by atoms with Crippen LogP contribution in [0.5, 0.6) is 5.75 Å². The van der Waals surface area contributed by atoms with Crippen molar-refractivity contribution in [2.75, 3.05) is 13.7 Å². The zero-order valence-corrected chi connectivity index (χ0v) is 12.7. The molecule has 3 rings (SSSR count). The van der Waals surface area contributed by atoms with E-state index in [1.54, 1.807) is 23.7 Å². The molecule has 0 unspecified atom stereocenters. The molecule has 2 amide bonds. The Balaban J connectivity index is 1.64. The van der Waals surface area contributed by atoms with Gasteiger partial charge in [0.05, 0.1) is 13.7 Å². The van der Waals surface area contributed by atoms with Crippen LogP contribution in [0.4, 0.5) is 4.79 Å². The van der Waals surface area contributed by atoms with Crippen molar-refractivity contribution in [3.8, 4) is 5.75 Å². The second-order valence-electron chi connectivity index (χ2n) is 5.23. The summed E-state index contributed by atoms with van der Waals surface area (Å²) in [5.74, 6) is 1.63. The molecule has 0 atom stereocenters. The third kappa shape index (κ3) is 2.74. The van der Waals surface area contributed by atoms with Gasteiger partial charge in [-0.3, -0.25) is 4.68 Å². The first-order valence-corrected chi connectivity index (χ1v) is 7.19. The average molecular weight is 301 g/mol. The average Bonchev–Trinajstić information content (AvgIpc) is 2.96. The number of hydrogen-bond acceptors (Lipinski definition) is 4. The summed E-state index contributed by atoms with van der Waals surface area (Å²) in [7, 11) is 3.48. The standard InChI is InChI=1S/C15H19N5O2/c1-19-14(17-10-18-19)8-16-15(21)20-7-6-12-11(9-20)4-3-5-13(12)22-2/h3-5,10H,6-9H2,1-2H3,(H,16,21). The Morgan fingerprint density at radius 2 is 2.32 bits per heavy atom. The van der Waals surface area contributed by atoms with E-state index in [9.17, 15) is 4.79 Å². The molecule has 2 heterocycles. The number of carbonyl (C=O) groups excluding carboxylic acids is 1. The number of carbonyl (C=O) groups is 1. The van der Waals surface area contributed by atoms with E-state index in [-0.39, 0.29) is 6.03 Å². The van der Waals surface area contributed by atoms with Crippen molar-refractivity contribution < 1.29 is 9.53 Å². The Morgan fingerprint density at radius 3 is 3.05 bits per heavy atom. The minimum absolute atomic E-state index is 0.0866. The van der Waals surface area contributed by atoms with Crippen molar-refractivity contribution in [1.82, 2.24) is 25.0 Å². The number of nitrogens with one attached hydrogen (secondary N) is 1. The fraction of sp³-hybridized carbons (Fsp3) is 0.400. The number of amides is 2. The Morgan fingerprint density at radius 1 is 1.45 bits per heavy atom. The SMILES string of the molecule is COc1cccc2c1CCN(C(=O)NCc1ncnn1C)C2. The molecule has 1 aliphatic heterocycles. The number of aromatic nitrogens is 3. The van der Waals surface area contributed by atoms with Crippen molar-refractivity contribution in [1.29, 1.82) is 0 Å². The maximum Gasteiger partial charge on any atom is 0.318 e. The van der Waals surface area contributed by atoms with E-state index in [0.717, 1.165) is 23.6 Å². The lowest BCUT2D eigenvalue weighted by atomic mass is 9.99. The third-order valence-electron chi connectivity index (χ3n) is 3.93. The molecule has 0 saturated heterocycles. The van der Waals surface area contributed by atoms with Crippen molar-refractivity contribution in [2.24, 2.45) is 7.05 Å². The van der Waals surface area contributed by atoms with Crippen LogP contribution in [0.1, 0.15) is 17.0 Å². The number of hydrogen-bond donors (Lipinski definition) is 1. The highest BCUT2D eigenvalue weighted by molar-refractivity contribution is 5.74. The molecule has 1 aromatic carbocycles. The van der Waals surface area contributed by atoms with Crippen LogP contribution in [-0.2, 0) is 26.6 Å². The van der Waals surface area contributed by atoms with E-state index in [0.29, 0.717) is 19.6 Å². The molecule has 0 saturated carbocycles. The minimum Gasteiger partial charge on any atom is -0.496 e. The molecule has 116 valence electrons. The van der Waals surface area contributed by atoms with E-state index in [1.807, 2.05) is 18.2 Å². The summed E-state index contributed by atoms with van der Waals surface area (Å²) in [5.41, 5.74) is 2.33. The van der Waals surface area contributed by atoms with E-state index < -0.39 is 0 Å². The topological polar surface area (TPSA) is 72.3 Å². The zero-order valence-electron chi connectivity index (χ0n) is 12.7. The van der Waals surface area contributed by atoms with Gasteiger partial charge in [0.15, 0.2) is 0 Å². The monoisotopic (exact) mass is 301 g/mol. The highest BCUT2D eigenvalue weighted by atomic mass is 16.5. The first-order valence-electron chi connectivity index (χ1n) is 7.19. The van der Waals surface area contributed by atoms with Crippen LogP contribution in [0.3, 0.4) is 0 Å². The normalized spacial score (nSPS) is 13.6. The summed E-state index contributed by atoms with van der Waals surface area (Å²) >= 11 is 0. The molecule has 0 radical (unpaired) electrons. The molecule has 1 aromatic heterocycles. The summed E-state index contributed by atoms with van der Waals surface area (Å²) in [6.45, 7) is 1.64. The highest BCUT2D eigenvalue weighted by Gasteiger charge is 2.22. The van der Waals surface area contributed by atoms with E-state index in [2.05, 4.69) is 15.4 Å². The number of benzene rings is 1. The molecule has 2 aromatic rings. The van der Waals surface area contributed by atoms with Gasteiger partial charge >= 0.3 is 6.03 Å². The second-order valence-corrected chi connectivity index (χ2v) is 5.23. The van der Waals surface area contributed by atoms with Crippen LogP contribution in [-0.4, -0.2) is 39.4 Å².